The zero-order valence-electron chi connectivity index (χ0n) is 13.4. The van der Waals surface area contributed by atoms with Gasteiger partial charge in [0, 0.05) is 0 Å². The van der Waals surface area contributed by atoms with Crippen LogP contribution in [0, 0.1) is 13.8 Å². The number of aromatic hydroxyl groups is 1. The van der Waals surface area contributed by atoms with Crippen LogP contribution in [-0.2, 0) is 5.32 Å². The Bertz CT molecular complexity index is 789. The van der Waals surface area contributed by atoms with Crippen LogP contribution in [0.5, 0.6) is 5.75 Å². The zero-order chi connectivity index (χ0) is 16.2. The first-order chi connectivity index (χ1) is 11.1. The topological polar surface area (TPSA) is 20.2 Å². The second kappa shape index (κ2) is 7.04. The fraction of sp³-hybridized carbons (Fsp3) is 0.143. The minimum absolute atomic E-state index is 0.381. The van der Waals surface area contributed by atoms with Gasteiger partial charge in [0.05, 0.1) is 0 Å². The van der Waals surface area contributed by atoms with Gasteiger partial charge in [-0.25, -0.2) is 0 Å². The Hall–Kier alpha value is -2.02. The van der Waals surface area contributed by atoms with E-state index < -0.39 is 0 Å². The number of hydrogen-bond acceptors (Lipinski definition) is 1. The Labute approximate surface area is 144 Å². The van der Waals surface area contributed by atoms with Crippen LogP contribution >= 0.6 is 0 Å². The summed E-state index contributed by atoms with van der Waals surface area (Å²) >= 11 is 0.393. The van der Waals surface area contributed by atoms with Crippen LogP contribution in [0.2, 0.25) is 0 Å². The van der Waals surface area contributed by atoms with Crippen molar-refractivity contribution in [3.8, 4) is 16.9 Å². The molecular weight excluding hydrogens is 347 g/mol. The fourth-order valence-electron chi connectivity index (χ4n) is 2.42. The Morgan fingerprint density at radius 1 is 0.783 bits per heavy atom. The van der Waals surface area contributed by atoms with Crippen LogP contribution in [0.1, 0.15) is 16.7 Å². The van der Waals surface area contributed by atoms with E-state index in [2.05, 4.69) is 61.5 Å². The van der Waals surface area contributed by atoms with Crippen molar-refractivity contribution >= 4 is 19.4 Å². The average molecular weight is 367 g/mol. The summed E-state index contributed by atoms with van der Waals surface area (Å²) in [7, 11) is 0. The molecule has 0 saturated heterocycles. The van der Waals surface area contributed by atoms with Crippen molar-refractivity contribution < 1.29 is 5.11 Å². The molecule has 0 atom stereocenters. The maximum absolute atomic E-state index is 9.59. The normalized spacial score (nSPS) is 10.7. The van der Waals surface area contributed by atoms with Gasteiger partial charge >= 0.3 is 144 Å². The number of phenols is 1. The van der Waals surface area contributed by atoms with Crippen LogP contribution in [-0.4, -0.2) is 20.1 Å². The van der Waals surface area contributed by atoms with Gasteiger partial charge in [0.15, 0.2) is 0 Å². The number of hydrogen-bond donors (Lipinski definition) is 1. The Morgan fingerprint density at radius 3 is 2.00 bits per heavy atom. The summed E-state index contributed by atoms with van der Waals surface area (Å²) < 4.78 is 1.33. The second-order valence-electron chi connectivity index (χ2n) is 5.80. The van der Waals surface area contributed by atoms with Gasteiger partial charge in [-0.1, -0.05) is 0 Å². The predicted octanol–water partition coefficient (Wildman–Crippen LogP) is 4.21. The van der Waals surface area contributed by atoms with Crippen molar-refractivity contribution in [3.05, 3.63) is 83.4 Å². The van der Waals surface area contributed by atoms with Gasteiger partial charge in [-0.2, -0.15) is 0 Å². The first kappa shape index (κ1) is 15.9. The van der Waals surface area contributed by atoms with Crippen LogP contribution in [0.15, 0.2) is 66.7 Å². The van der Waals surface area contributed by atoms with Gasteiger partial charge in [-0.05, 0) is 0 Å². The summed E-state index contributed by atoms with van der Waals surface area (Å²) in [6.45, 7) is 4.06. The Kier molecular flexibility index (Phi) is 4.85. The third-order valence-electron chi connectivity index (χ3n) is 3.91. The molecule has 0 radical (unpaired) electrons. The van der Waals surface area contributed by atoms with Crippen molar-refractivity contribution in [2.75, 3.05) is 0 Å². The Balaban J connectivity index is 1.67. The molecular formula is C21H20OSe. The Morgan fingerprint density at radius 2 is 1.39 bits per heavy atom. The van der Waals surface area contributed by atoms with E-state index in [1.165, 1.54) is 26.7 Å². The molecule has 23 heavy (non-hydrogen) atoms. The van der Waals surface area contributed by atoms with Crippen LogP contribution < -0.4 is 4.46 Å². The molecule has 0 aliphatic carbocycles. The van der Waals surface area contributed by atoms with Crippen molar-refractivity contribution in [1.82, 2.24) is 0 Å². The summed E-state index contributed by atoms with van der Waals surface area (Å²) in [4.78, 5) is 0. The van der Waals surface area contributed by atoms with Gasteiger partial charge in [0.25, 0.3) is 0 Å². The minimum atomic E-state index is 0.381. The fourth-order valence-corrected chi connectivity index (χ4v) is 4.42. The number of phenolic OH excluding ortho intramolecular Hbond substituents is 1. The van der Waals surface area contributed by atoms with E-state index >= 15 is 0 Å². The van der Waals surface area contributed by atoms with Gasteiger partial charge in [0.1, 0.15) is 0 Å². The van der Waals surface area contributed by atoms with Crippen LogP contribution in [0.4, 0.5) is 0 Å². The molecule has 1 N–H and O–H groups in total. The van der Waals surface area contributed by atoms with Crippen LogP contribution in [0.3, 0.4) is 0 Å². The molecule has 3 aromatic rings. The standard InChI is InChI=1S/C21H20OSe/c1-15-3-7-18(8-4-15)19-9-5-17(6-10-19)14-23-20-11-12-21(22)16(2)13-20/h3-13,22H,14H2,1-2H3. The maximum atomic E-state index is 9.59. The SMILES string of the molecule is Cc1ccc(-c2ccc(C[Se]c3ccc(O)c(C)c3)cc2)cc1. The van der Waals surface area contributed by atoms with Crippen molar-refractivity contribution in [1.29, 1.82) is 0 Å². The molecule has 0 unspecified atom stereocenters. The average Bonchev–Trinajstić information content (AvgIpc) is 2.57. The summed E-state index contributed by atoms with van der Waals surface area (Å²) in [5, 5.41) is 10.7. The van der Waals surface area contributed by atoms with E-state index in [1.54, 1.807) is 6.07 Å². The molecule has 116 valence electrons. The second-order valence-corrected chi connectivity index (χ2v) is 8.00. The van der Waals surface area contributed by atoms with E-state index in [9.17, 15) is 5.11 Å². The molecule has 0 saturated carbocycles. The number of benzene rings is 3. The van der Waals surface area contributed by atoms with E-state index in [0.717, 1.165) is 10.9 Å². The molecule has 0 aromatic heterocycles. The van der Waals surface area contributed by atoms with E-state index in [-0.39, 0.29) is 0 Å². The quantitative estimate of drug-likeness (QED) is 0.685. The molecule has 0 bridgehead atoms. The molecule has 0 heterocycles. The van der Waals surface area contributed by atoms with Gasteiger partial charge < -0.3 is 0 Å². The first-order valence-corrected chi connectivity index (χ1v) is 9.77. The number of aryl methyl sites for hydroxylation is 2. The molecule has 0 aliphatic rings. The van der Waals surface area contributed by atoms with Gasteiger partial charge in [0.2, 0.25) is 0 Å². The molecule has 0 fully saturated rings. The predicted molar refractivity (Wildman–Crippen MR) is 98.6 cm³/mol. The van der Waals surface area contributed by atoms with Crippen molar-refractivity contribution in [3.63, 3.8) is 0 Å². The van der Waals surface area contributed by atoms with Crippen molar-refractivity contribution in [2.24, 2.45) is 0 Å². The number of rotatable bonds is 4. The molecule has 3 rings (SSSR count). The molecule has 3 aromatic carbocycles. The third kappa shape index (κ3) is 4.04. The van der Waals surface area contributed by atoms with Crippen molar-refractivity contribution in [2.45, 2.75) is 19.2 Å². The van der Waals surface area contributed by atoms with Gasteiger partial charge in [-0.3, -0.25) is 0 Å². The zero-order valence-corrected chi connectivity index (χ0v) is 15.1. The molecule has 2 heteroatoms. The summed E-state index contributed by atoms with van der Waals surface area (Å²) in [6, 6.07) is 23.4. The van der Waals surface area contributed by atoms with Gasteiger partial charge in [-0.15, -0.1) is 0 Å². The van der Waals surface area contributed by atoms with E-state index in [0.29, 0.717) is 20.7 Å². The summed E-state index contributed by atoms with van der Waals surface area (Å²) in [6.07, 6.45) is 0. The molecule has 1 nitrogen and oxygen atoms in total. The third-order valence-corrected chi connectivity index (χ3v) is 6.15. The molecule has 0 spiro atoms. The summed E-state index contributed by atoms with van der Waals surface area (Å²) in [5.74, 6) is 0.381. The monoisotopic (exact) mass is 368 g/mol. The molecule has 0 aliphatic heterocycles. The summed E-state index contributed by atoms with van der Waals surface area (Å²) in [5.41, 5.74) is 6.14. The van der Waals surface area contributed by atoms with Crippen LogP contribution in [0.25, 0.3) is 11.1 Å². The molecule has 0 amide bonds. The first-order valence-electron chi connectivity index (χ1n) is 7.70. The van der Waals surface area contributed by atoms with E-state index in [4.69, 9.17) is 0 Å². The van der Waals surface area contributed by atoms with E-state index in [1.807, 2.05) is 13.0 Å².